The number of aromatic nitrogens is 2. The molecule has 5 heteroatoms. The van der Waals surface area contributed by atoms with Crippen LogP contribution in [0.2, 0.25) is 5.15 Å². The summed E-state index contributed by atoms with van der Waals surface area (Å²) in [5.41, 5.74) is 2.17. The van der Waals surface area contributed by atoms with E-state index in [1.54, 1.807) is 11.8 Å². The molecule has 1 aromatic rings. The molecule has 2 heterocycles. The number of nitrogens with zero attached hydrogens (tertiary/aromatic N) is 3. The summed E-state index contributed by atoms with van der Waals surface area (Å²) in [6.45, 7) is 7.22. The first-order valence-corrected chi connectivity index (χ1v) is 6.83. The van der Waals surface area contributed by atoms with Gasteiger partial charge in [-0.2, -0.15) is 5.10 Å². The monoisotopic (exact) mass is 271 g/mol. The summed E-state index contributed by atoms with van der Waals surface area (Å²) >= 11 is 6.27. The van der Waals surface area contributed by atoms with Crippen LogP contribution in [0.4, 0.5) is 0 Å². The summed E-state index contributed by atoms with van der Waals surface area (Å²) in [6, 6.07) is 0. The molecule has 0 spiro atoms. The van der Waals surface area contributed by atoms with Gasteiger partial charge in [-0.1, -0.05) is 18.5 Å². The van der Waals surface area contributed by atoms with Crippen molar-refractivity contribution in [1.82, 2.24) is 14.7 Å². The number of ether oxygens (including phenoxy) is 1. The molecule has 0 aliphatic carbocycles. The first-order chi connectivity index (χ1) is 8.52. The minimum atomic E-state index is 0.328. The molecule has 1 aromatic heterocycles. The Kier molecular flexibility index (Phi) is 4.30. The zero-order valence-corrected chi connectivity index (χ0v) is 12.4. The summed E-state index contributed by atoms with van der Waals surface area (Å²) < 4.78 is 7.28. The Balaban J connectivity index is 2.05. The van der Waals surface area contributed by atoms with Gasteiger partial charge in [0.05, 0.1) is 11.8 Å². The van der Waals surface area contributed by atoms with Crippen LogP contribution in [0.25, 0.3) is 0 Å². The van der Waals surface area contributed by atoms with Crippen LogP contribution in [0.5, 0.6) is 0 Å². The Hall–Kier alpha value is -0.580. The van der Waals surface area contributed by atoms with Gasteiger partial charge in [0.2, 0.25) is 0 Å². The second-order valence-electron chi connectivity index (χ2n) is 5.25. The maximum Gasteiger partial charge on any atom is 0.131 e. The van der Waals surface area contributed by atoms with Crippen molar-refractivity contribution in [2.24, 2.45) is 13.0 Å². The van der Waals surface area contributed by atoms with E-state index in [4.69, 9.17) is 16.3 Å². The van der Waals surface area contributed by atoms with Crippen LogP contribution in [0.3, 0.4) is 0 Å². The number of piperidine rings is 1. The number of halogens is 1. The van der Waals surface area contributed by atoms with Crippen LogP contribution in [0, 0.1) is 12.8 Å². The number of rotatable bonds is 3. The van der Waals surface area contributed by atoms with Crippen molar-refractivity contribution in [2.45, 2.75) is 32.9 Å². The van der Waals surface area contributed by atoms with Gasteiger partial charge in [0.15, 0.2) is 0 Å². The molecule has 2 unspecified atom stereocenters. The maximum absolute atomic E-state index is 6.27. The lowest BCUT2D eigenvalue weighted by Crippen LogP contribution is -2.43. The van der Waals surface area contributed by atoms with Gasteiger partial charge in [-0.3, -0.25) is 9.58 Å². The SMILES string of the molecule is COC1CN(Cc2c(C)nn(C)c2Cl)CCC1C. The Morgan fingerprint density at radius 1 is 1.50 bits per heavy atom. The molecule has 0 aromatic carbocycles. The van der Waals surface area contributed by atoms with Crippen LogP contribution in [-0.2, 0) is 18.3 Å². The third-order valence-corrected chi connectivity index (χ3v) is 4.40. The Morgan fingerprint density at radius 3 is 2.78 bits per heavy atom. The lowest BCUT2D eigenvalue weighted by atomic mass is 9.95. The van der Waals surface area contributed by atoms with Gasteiger partial charge < -0.3 is 4.74 Å². The largest absolute Gasteiger partial charge is 0.380 e. The molecule has 1 fully saturated rings. The second kappa shape index (κ2) is 5.59. The van der Waals surface area contributed by atoms with Gasteiger partial charge in [0.25, 0.3) is 0 Å². The molecule has 0 bridgehead atoms. The highest BCUT2D eigenvalue weighted by molar-refractivity contribution is 6.30. The van der Waals surface area contributed by atoms with Crippen molar-refractivity contribution >= 4 is 11.6 Å². The quantitative estimate of drug-likeness (QED) is 0.845. The van der Waals surface area contributed by atoms with E-state index in [-0.39, 0.29) is 0 Å². The van der Waals surface area contributed by atoms with Crippen LogP contribution in [-0.4, -0.2) is 41.0 Å². The number of aryl methyl sites for hydroxylation is 2. The highest BCUT2D eigenvalue weighted by atomic mass is 35.5. The number of hydrogen-bond donors (Lipinski definition) is 0. The highest BCUT2D eigenvalue weighted by Gasteiger charge is 2.27. The van der Waals surface area contributed by atoms with Gasteiger partial charge in [0.1, 0.15) is 5.15 Å². The van der Waals surface area contributed by atoms with Crippen molar-refractivity contribution in [1.29, 1.82) is 0 Å². The summed E-state index contributed by atoms with van der Waals surface area (Å²) in [7, 11) is 3.68. The molecular weight excluding hydrogens is 250 g/mol. The fraction of sp³-hybridized carbons (Fsp3) is 0.769. The van der Waals surface area contributed by atoms with E-state index in [9.17, 15) is 0 Å². The summed E-state index contributed by atoms with van der Waals surface area (Å²) in [5.74, 6) is 0.636. The van der Waals surface area contributed by atoms with E-state index in [0.29, 0.717) is 12.0 Å². The van der Waals surface area contributed by atoms with E-state index >= 15 is 0 Å². The smallest absolute Gasteiger partial charge is 0.131 e. The molecule has 18 heavy (non-hydrogen) atoms. The van der Waals surface area contributed by atoms with Crippen LogP contribution < -0.4 is 0 Å². The lowest BCUT2D eigenvalue weighted by molar-refractivity contribution is -0.00749. The predicted molar refractivity (Wildman–Crippen MR) is 72.8 cm³/mol. The first-order valence-electron chi connectivity index (χ1n) is 6.46. The maximum atomic E-state index is 6.27. The molecule has 4 nitrogen and oxygen atoms in total. The molecule has 2 rings (SSSR count). The average molecular weight is 272 g/mol. The summed E-state index contributed by atoms with van der Waals surface area (Å²) in [4.78, 5) is 2.41. The molecule has 1 aliphatic heterocycles. The van der Waals surface area contributed by atoms with Gasteiger partial charge in [-0.25, -0.2) is 0 Å². The summed E-state index contributed by atoms with van der Waals surface area (Å²) in [5, 5.41) is 5.11. The molecule has 0 N–H and O–H groups in total. The van der Waals surface area contributed by atoms with Crippen molar-refractivity contribution in [3.63, 3.8) is 0 Å². The highest BCUT2D eigenvalue weighted by Crippen LogP contribution is 2.25. The molecule has 0 radical (unpaired) electrons. The van der Waals surface area contributed by atoms with Crippen molar-refractivity contribution < 1.29 is 4.74 Å². The molecule has 1 saturated heterocycles. The van der Waals surface area contributed by atoms with Gasteiger partial charge in [0, 0.05) is 32.8 Å². The molecule has 102 valence electrons. The first kappa shape index (κ1) is 13.8. The van der Waals surface area contributed by atoms with E-state index in [1.165, 1.54) is 6.42 Å². The van der Waals surface area contributed by atoms with E-state index in [2.05, 4.69) is 16.9 Å². The number of hydrogen-bond acceptors (Lipinski definition) is 3. The fourth-order valence-electron chi connectivity index (χ4n) is 2.63. The minimum absolute atomic E-state index is 0.328. The van der Waals surface area contributed by atoms with Crippen LogP contribution in [0.1, 0.15) is 24.6 Å². The van der Waals surface area contributed by atoms with Gasteiger partial charge in [-0.15, -0.1) is 0 Å². The van der Waals surface area contributed by atoms with E-state index in [1.807, 2.05) is 14.0 Å². The Morgan fingerprint density at radius 2 is 2.22 bits per heavy atom. The van der Waals surface area contributed by atoms with Crippen molar-refractivity contribution in [2.75, 3.05) is 20.2 Å². The zero-order chi connectivity index (χ0) is 13.3. The molecular formula is C13H22ClN3O. The zero-order valence-electron chi connectivity index (χ0n) is 11.6. The van der Waals surface area contributed by atoms with Crippen LogP contribution >= 0.6 is 11.6 Å². The minimum Gasteiger partial charge on any atom is -0.380 e. The number of methoxy groups -OCH3 is 1. The van der Waals surface area contributed by atoms with Gasteiger partial charge in [-0.05, 0) is 25.8 Å². The molecule has 0 saturated carbocycles. The van der Waals surface area contributed by atoms with Crippen molar-refractivity contribution in [3.8, 4) is 0 Å². The van der Waals surface area contributed by atoms with Crippen molar-refractivity contribution in [3.05, 3.63) is 16.4 Å². The lowest BCUT2D eigenvalue weighted by Gasteiger charge is -2.36. The predicted octanol–water partition coefficient (Wildman–Crippen LogP) is 2.24. The Bertz CT molecular complexity index is 419. The fourth-order valence-corrected chi connectivity index (χ4v) is 2.86. The second-order valence-corrected chi connectivity index (χ2v) is 5.61. The normalized spacial score (nSPS) is 25.6. The molecule has 1 aliphatic rings. The Labute approximate surface area is 114 Å². The average Bonchev–Trinajstić information content (AvgIpc) is 2.58. The van der Waals surface area contributed by atoms with E-state index in [0.717, 1.165) is 36.0 Å². The standard InChI is InChI=1S/C13H22ClN3O/c1-9-5-6-17(8-12(9)18-4)7-11-10(2)15-16(3)13(11)14/h9,12H,5-8H2,1-4H3. The third-order valence-electron chi connectivity index (χ3n) is 3.93. The number of likely N-dealkylation sites (tertiary alicyclic amines) is 1. The summed E-state index contributed by atoms with van der Waals surface area (Å²) in [6.07, 6.45) is 1.50. The molecule has 0 amide bonds. The topological polar surface area (TPSA) is 30.3 Å². The van der Waals surface area contributed by atoms with Gasteiger partial charge >= 0.3 is 0 Å². The van der Waals surface area contributed by atoms with E-state index < -0.39 is 0 Å². The molecule has 2 atom stereocenters. The van der Waals surface area contributed by atoms with Crippen LogP contribution in [0.15, 0.2) is 0 Å². The third kappa shape index (κ3) is 2.71.